The van der Waals surface area contributed by atoms with Gasteiger partial charge in [0.25, 0.3) is 0 Å². The monoisotopic (exact) mass is 549 g/mol. The van der Waals surface area contributed by atoms with Gasteiger partial charge in [0.15, 0.2) is 0 Å². The molecule has 2 aromatic rings. The minimum atomic E-state index is -0.623. The van der Waals surface area contributed by atoms with E-state index in [1.54, 1.807) is 6.07 Å². The van der Waals surface area contributed by atoms with Crippen LogP contribution in [0.2, 0.25) is 0 Å². The molecule has 2 aromatic carbocycles. The Morgan fingerprint density at radius 1 is 1.15 bits per heavy atom. The second-order valence-electron chi connectivity index (χ2n) is 11.2. The van der Waals surface area contributed by atoms with Crippen molar-refractivity contribution in [3.63, 3.8) is 0 Å². The van der Waals surface area contributed by atoms with Crippen LogP contribution in [0.1, 0.15) is 61.3 Å². The van der Waals surface area contributed by atoms with Gasteiger partial charge in [-0.3, -0.25) is 14.5 Å². The standard InChI is InChI=1S/C30H39N5O5/c31-25-14-20(18-36)13-24-27(25)34-29(38)28(24)35(17-21-15-26(37)32-16-21)11-10-22(12-19-6-2-1-3-7-19)33-30(39)40-23-8-4-5-9-23/h1-3,6-7,13-14,21-23,28,36H,4-5,8-12,15-18,31H2,(H,32,37)(H,33,39)(H,34,38). The maximum absolute atomic E-state index is 13.3. The van der Waals surface area contributed by atoms with E-state index in [1.807, 2.05) is 36.4 Å². The third-order valence-corrected chi connectivity index (χ3v) is 8.14. The van der Waals surface area contributed by atoms with Crippen molar-refractivity contribution in [1.29, 1.82) is 0 Å². The van der Waals surface area contributed by atoms with Crippen LogP contribution in [0.3, 0.4) is 0 Å². The highest BCUT2D eigenvalue weighted by atomic mass is 16.6. The van der Waals surface area contributed by atoms with Crippen LogP contribution in [-0.4, -0.2) is 59.7 Å². The molecule has 214 valence electrons. The third-order valence-electron chi connectivity index (χ3n) is 8.14. The van der Waals surface area contributed by atoms with E-state index in [4.69, 9.17) is 10.5 Å². The van der Waals surface area contributed by atoms with Crippen LogP contribution in [-0.2, 0) is 27.4 Å². The minimum absolute atomic E-state index is 0.00585. The molecule has 5 rings (SSSR count). The van der Waals surface area contributed by atoms with Crippen molar-refractivity contribution >= 4 is 29.3 Å². The van der Waals surface area contributed by atoms with Crippen LogP contribution >= 0.6 is 0 Å². The highest BCUT2D eigenvalue weighted by Gasteiger charge is 2.39. The lowest BCUT2D eigenvalue weighted by Crippen LogP contribution is -2.43. The summed E-state index contributed by atoms with van der Waals surface area (Å²) in [4.78, 5) is 40.2. The lowest BCUT2D eigenvalue weighted by Gasteiger charge is -2.31. The molecule has 6 N–H and O–H groups in total. The molecule has 10 heteroatoms. The number of benzene rings is 2. The molecule has 3 unspecified atom stereocenters. The van der Waals surface area contributed by atoms with Crippen LogP contribution in [0.4, 0.5) is 16.2 Å². The van der Waals surface area contributed by atoms with Gasteiger partial charge in [-0.15, -0.1) is 0 Å². The number of nitrogens with two attached hydrogens (primary N) is 1. The van der Waals surface area contributed by atoms with Crippen LogP contribution in [0.15, 0.2) is 42.5 Å². The van der Waals surface area contributed by atoms with Gasteiger partial charge in [0.2, 0.25) is 11.8 Å². The van der Waals surface area contributed by atoms with Crippen molar-refractivity contribution < 1.29 is 24.2 Å². The van der Waals surface area contributed by atoms with Gasteiger partial charge in [-0.2, -0.15) is 0 Å². The zero-order valence-corrected chi connectivity index (χ0v) is 22.7. The summed E-state index contributed by atoms with van der Waals surface area (Å²) in [7, 11) is 0. The molecule has 0 spiro atoms. The average molecular weight is 550 g/mol. The van der Waals surface area contributed by atoms with Crippen LogP contribution < -0.4 is 21.7 Å². The fourth-order valence-corrected chi connectivity index (χ4v) is 6.15. The molecule has 2 fully saturated rings. The van der Waals surface area contributed by atoms with Crippen LogP contribution in [0.5, 0.6) is 0 Å². The fourth-order valence-electron chi connectivity index (χ4n) is 6.15. The maximum atomic E-state index is 13.3. The van der Waals surface area contributed by atoms with E-state index in [-0.39, 0.29) is 36.5 Å². The van der Waals surface area contributed by atoms with Gasteiger partial charge < -0.3 is 31.5 Å². The molecule has 1 aliphatic carbocycles. The molecule has 3 amide bonds. The Bertz CT molecular complexity index is 1220. The number of hydrogen-bond acceptors (Lipinski definition) is 7. The number of nitrogens with zero attached hydrogens (tertiary/aromatic N) is 1. The summed E-state index contributed by atoms with van der Waals surface area (Å²) in [6.45, 7) is 1.37. The van der Waals surface area contributed by atoms with E-state index in [2.05, 4.69) is 20.9 Å². The quantitative estimate of drug-likeness (QED) is 0.271. The van der Waals surface area contributed by atoms with Gasteiger partial charge >= 0.3 is 6.09 Å². The molecule has 1 saturated heterocycles. The van der Waals surface area contributed by atoms with E-state index in [0.717, 1.165) is 36.8 Å². The molecule has 0 bridgehead atoms. The number of hydrogen-bond donors (Lipinski definition) is 5. The normalized spacial score (nSPS) is 21.2. The Morgan fingerprint density at radius 2 is 1.93 bits per heavy atom. The number of amides is 3. The van der Waals surface area contributed by atoms with Crippen molar-refractivity contribution in [2.24, 2.45) is 5.92 Å². The molecular formula is C30H39N5O5. The second-order valence-corrected chi connectivity index (χ2v) is 11.2. The summed E-state index contributed by atoms with van der Waals surface area (Å²) in [6, 6.07) is 12.6. The number of ether oxygens (including phenoxy) is 1. The summed E-state index contributed by atoms with van der Waals surface area (Å²) >= 11 is 0. The van der Waals surface area contributed by atoms with Crippen molar-refractivity contribution in [3.05, 3.63) is 59.2 Å². The minimum Gasteiger partial charge on any atom is -0.446 e. The Kier molecular flexibility index (Phi) is 8.86. The van der Waals surface area contributed by atoms with Crippen LogP contribution in [0, 0.1) is 5.92 Å². The predicted octanol–water partition coefficient (Wildman–Crippen LogP) is 2.86. The van der Waals surface area contributed by atoms with E-state index >= 15 is 0 Å². The van der Waals surface area contributed by atoms with E-state index in [1.165, 1.54) is 0 Å². The Morgan fingerprint density at radius 3 is 2.62 bits per heavy atom. The van der Waals surface area contributed by atoms with E-state index in [0.29, 0.717) is 55.8 Å². The molecule has 40 heavy (non-hydrogen) atoms. The molecule has 0 radical (unpaired) electrons. The first kappa shape index (κ1) is 27.9. The maximum Gasteiger partial charge on any atom is 0.407 e. The van der Waals surface area contributed by atoms with Crippen molar-refractivity contribution in [3.8, 4) is 0 Å². The van der Waals surface area contributed by atoms with Gasteiger partial charge in [-0.1, -0.05) is 30.3 Å². The smallest absolute Gasteiger partial charge is 0.407 e. The number of carbonyl (C=O) groups excluding carboxylic acids is 3. The Labute approximate surface area is 234 Å². The second kappa shape index (κ2) is 12.7. The van der Waals surface area contributed by atoms with Crippen LogP contribution in [0.25, 0.3) is 0 Å². The van der Waals surface area contributed by atoms with Gasteiger partial charge in [-0.25, -0.2) is 4.79 Å². The van der Waals surface area contributed by atoms with Gasteiger partial charge in [0.1, 0.15) is 12.1 Å². The lowest BCUT2D eigenvalue weighted by molar-refractivity contribution is -0.121. The first-order valence-electron chi connectivity index (χ1n) is 14.3. The van der Waals surface area contributed by atoms with Crippen molar-refractivity contribution in [1.82, 2.24) is 15.5 Å². The van der Waals surface area contributed by atoms with Gasteiger partial charge in [-0.05, 0) is 67.7 Å². The number of carbonyl (C=O) groups is 3. The summed E-state index contributed by atoms with van der Waals surface area (Å²) in [5.41, 5.74) is 9.65. The number of aliphatic hydroxyl groups is 1. The Hall–Kier alpha value is -3.63. The highest BCUT2D eigenvalue weighted by Crippen LogP contribution is 2.40. The number of anilines is 2. The first-order chi connectivity index (χ1) is 19.4. The molecule has 10 nitrogen and oxygen atoms in total. The highest BCUT2D eigenvalue weighted by molar-refractivity contribution is 6.05. The SMILES string of the molecule is Nc1cc(CO)cc2c1NC(=O)C2N(CCC(Cc1ccccc1)NC(=O)OC1CCCC1)CC1CNC(=O)C1. The zero-order chi connectivity index (χ0) is 28.1. The lowest BCUT2D eigenvalue weighted by atomic mass is 9.98. The summed E-state index contributed by atoms with van der Waals surface area (Å²) in [5, 5.41) is 18.7. The Balaban J connectivity index is 1.36. The number of nitrogen functional groups attached to an aromatic ring is 1. The zero-order valence-electron chi connectivity index (χ0n) is 22.7. The number of nitrogens with one attached hydrogen (secondary N) is 3. The molecule has 1 saturated carbocycles. The van der Waals surface area contributed by atoms with Crippen molar-refractivity contribution in [2.75, 3.05) is 30.7 Å². The first-order valence-corrected chi connectivity index (χ1v) is 14.3. The van der Waals surface area contributed by atoms with Crippen molar-refractivity contribution in [2.45, 2.75) is 69.7 Å². The molecule has 0 aromatic heterocycles. The summed E-state index contributed by atoms with van der Waals surface area (Å²) in [6.07, 6.45) is 5.08. The number of fused-ring (bicyclic) bond motifs is 1. The molecule has 3 atom stereocenters. The predicted molar refractivity (Wildman–Crippen MR) is 151 cm³/mol. The third kappa shape index (κ3) is 6.74. The van der Waals surface area contributed by atoms with Gasteiger partial charge in [0.05, 0.1) is 18.0 Å². The number of aliphatic hydroxyl groups excluding tert-OH is 1. The summed E-state index contributed by atoms with van der Waals surface area (Å²) < 4.78 is 5.70. The largest absolute Gasteiger partial charge is 0.446 e. The topological polar surface area (TPSA) is 146 Å². The molecule has 2 aliphatic heterocycles. The molecular weight excluding hydrogens is 510 g/mol. The molecule has 3 aliphatic rings. The van der Waals surface area contributed by atoms with E-state index in [9.17, 15) is 19.5 Å². The number of alkyl carbamates (subject to hydrolysis) is 1. The van der Waals surface area contributed by atoms with E-state index < -0.39 is 12.1 Å². The summed E-state index contributed by atoms with van der Waals surface area (Å²) in [5.74, 6) is -0.135. The fraction of sp³-hybridized carbons (Fsp3) is 0.500. The number of rotatable bonds is 11. The molecule has 2 heterocycles. The van der Waals surface area contributed by atoms with Gasteiger partial charge in [0, 0.05) is 37.7 Å². The average Bonchev–Trinajstić information content (AvgIpc) is 3.67.